The molecule has 1 unspecified atom stereocenters. The molecule has 1 amide bonds. The molecule has 3 heterocycles. The molecule has 2 aromatic heterocycles. The molecular formula is C22H17ClFN5OS. The van der Waals surface area contributed by atoms with Gasteiger partial charge >= 0.3 is 0 Å². The molecule has 31 heavy (non-hydrogen) atoms. The summed E-state index contributed by atoms with van der Waals surface area (Å²) >= 11 is 7.62. The van der Waals surface area contributed by atoms with Gasteiger partial charge in [0.05, 0.1) is 6.04 Å². The van der Waals surface area contributed by atoms with Gasteiger partial charge in [0.2, 0.25) is 0 Å². The summed E-state index contributed by atoms with van der Waals surface area (Å²) in [6, 6.07) is 12.9. The number of carbonyl (C=O) groups excluding carboxylic acids is 1. The van der Waals surface area contributed by atoms with E-state index in [-0.39, 0.29) is 17.8 Å². The third kappa shape index (κ3) is 3.62. The van der Waals surface area contributed by atoms with Crippen LogP contribution in [0, 0.1) is 5.82 Å². The third-order valence-corrected chi connectivity index (χ3v) is 6.47. The van der Waals surface area contributed by atoms with E-state index < -0.39 is 0 Å². The monoisotopic (exact) mass is 453 g/mol. The van der Waals surface area contributed by atoms with Crippen molar-refractivity contribution in [1.29, 1.82) is 0 Å². The average Bonchev–Trinajstić information content (AvgIpc) is 3.42. The van der Waals surface area contributed by atoms with Crippen LogP contribution in [0.3, 0.4) is 0 Å². The highest BCUT2D eigenvalue weighted by Crippen LogP contribution is 2.33. The van der Waals surface area contributed by atoms with Gasteiger partial charge in [-0.1, -0.05) is 23.7 Å². The molecule has 6 nitrogen and oxygen atoms in total. The zero-order valence-corrected chi connectivity index (χ0v) is 18.1. The molecule has 0 radical (unpaired) electrons. The van der Waals surface area contributed by atoms with Crippen molar-refractivity contribution in [2.75, 3.05) is 6.54 Å². The molecule has 1 aliphatic heterocycles. The van der Waals surface area contributed by atoms with E-state index in [4.69, 9.17) is 16.6 Å². The maximum absolute atomic E-state index is 13.2. The number of hydrogen-bond donors (Lipinski definition) is 0. The second-order valence-electron chi connectivity index (χ2n) is 7.26. The Bertz CT molecular complexity index is 1270. The summed E-state index contributed by atoms with van der Waals surface area (Å²) in [7, 11) is 0. The van der Waals surface area contributed by atoms with Gasteiger partial charge in [-0.3, -0.25) is 4.79 Å². The molecule has 1 atom stereocenters. The lowest BCUT2D eigenvalue weighted by Gasteiger charge is -2.33. The van der Waals surface area contributed by atoms with Crippen LogP contribution < -0.4 is 0 Å². The van der Waals surface area contributed by atoms with Gasteiger partial charge in [0.1, 0.15) is 16.5 Å². The molecule has 0 saturated heterocycles. The van der Waals surface area contributed by atoms with Gasteiger partial charge < -0.3 is 9.47 Å². The Kier molecular flexibility index (Phi) is 5.03. The first-order valence-electron chi connectivity index (χ1n) is 9.73. The van der Waals surface area contributed by atoms with Crippen molar-refractivity contribution in [2.24, 2.45) is 0 Å². The molecular weight excluding hydrogens is 437 g/mol. The van der Waals surface area contributed by atoms with Gasteiger partial charge in [-0.05, 0) is 43.3 Å². The second-order valence-corrected chi connectivity index (χ2v) is 8.56. The van der Waals surface area contributed by atoms with Gasteiger partial charge in [0.15, 0.2) is 11.6 Å². The van der Waals surface area contributed by atoms with Crippen LogP contribution in [0.25, 0.3) is 22.1 Å². The smallest absolute Gasteiger partial charge is 0.254 e. The lowest BCUT2D eigenvalue weighted by molar-refractivity contribution is 0.0638. The average molecular weight is 454 g/mol. The van der Waals surface area contributed by atoms with Crippen molar-refractivity contribution in [1.82, 2.24) is 24.6 Å². The van der Waals surface area contributed by atoms with Crippen molar-refractivity contribution >= 4 is 28.8 Å². The quantitative estimate of drug-likeness (QED) is 0.434. The zero-order valence-electron chi connectivity index (χ0n) is 16.5. The molecule has 5 rings (SSSR count). The van der Waals surface area contributed by atoms with E-state index in [2.05, 4.69) is 10.2 Å². The Labute approximate surface area is 186 Å². The van der Waals surface area contributed by atoms with Crippen LogP contribution in [-0.4, -0.2) is 37.1 Å². The van der Waals surface area contributed by atoms with Crippen LogP contribution >= 0.6 is 22.9 Å². The van der Waals surface area contributed by atoms with Crippen molar-refractivity contribution in [3.05, 3.63) is 76.1 Å². The fourth-order valence-electron chi connectivity index (χ4n) is 3.74. The molecule has 0 N–H and O–H groups in total. The number of halogens is 2. The zero-order chi connectivity index (χ0) is 21.5. The molecule has 156 valence electrons. The minimum absolute atomic E-state index is 0.153. The maximum atomic E-state index is 13.2. The predicted octanol–water partition coefficient (Wildman–Crippen LogP) is 5.08. The topological polar surface area (TPSA) is 63.9 Å². The number of rotatable bonds is 3. The fourth-order valence-corrected chi connectivity index (χ4v) is 4.73. The van der Waals surface area contributed by atoms with Gasteiger partial charge in [-0.2, -0.15) is 0 Å². The second kappa shape index (κ2) is 7.86. The largest absolute Gasteiger partial charge is 0.327 e. The van der Waals surface area contributed by atoms with Crippen molar-refractivity contribution in [3.63, 3.8) is 0 Å². The summed E-state index contributed by atoms with van der Waals surface area (Å²) in [5.41, 5.74) is 2.14. The molecule has 0 bridgehead atoms. The van der Waals surface area contributed by atoms with Gasteiger partial charge in [-0.25, -0.2) is 9.37 Å². The van der Waals surface area contributed by atoms with Crippen LogP contribution in [-0.2, 0) is 6.54 Å². The first kappa shape index (κ1) is 19.8. The molecule has 1 aliphatic rings. The summed E-state index contributed by atoms with van der Waals surface area (Å²) < 4.78 is 15.2. The minimum atomic E-state index is -0.368. The van der Waals surface area contributed by atoms with E-state index in [1.807, 2.05) is 41.1 Å². The lowest BCUT2D eigenvalue weighted by Crippen LogP contribution is -2.41. The summed E-state index contributed by atoms with van der Waals surface area (Å²) in [4.78, 5) is 19.4. The Hall–Kier alpha value is -3.10. The summed E-state index contributed by atoms with van der Waals surface area (Å²) in [5.74, 6) is 0.863. The van der Waals surface area contributed by atoms with E-state index in [1.165, 1.54) is 35.6 Å². The van der Waals surface area contributed by atoms with Gasteiger partial charge in [0, 0.05) is 34.6 Å². The number of fused-ring (bicyclic) bond motifs is 1. The predicted molar refractivity (Wildman–Crippen MR) is 117 cm³/mol. The number of amides is 1. The van der Waals surface area contributed by atoms with E-state index in [1.54, 1.807) is 4.90 Å². The van der Waals surface area contributed by atoms with E-state index in [0.29, 0.717) is 35.3 Å². The standard InChI is InChI=1S/C22H17ClFN5OS/c1-13-19-26-27-20(18-12-31-21(25-18)15-3-2-4-16(23)11-15)29(19)10-9-28(13)22(30)14-5-7-17(24)8-6-14/h2-8,11-13H,9-10H2,1H3. The minimum Gasteiger partial charge on any atom is -0.327 e. The molecule has 0 fully saturated rings. The Balaban J connectivity index is 1.42. The number of carbonyl (C=O) groups is 1. The highest BCUT2D eigenvalue weighted by molar-refractivity contribution is 7.13. The lowest BCUT2D eigenvalue weighted by atomic mass is 10.1. The molecule has 0 saturated carbocycles. The summed E-state index contributed by atoms with van der Waals surface area (Å²) in [5, 5.41) is 12.2. The van der Waals surface area contributed by atoms with Gasteiger partial charge in [-0.15, -0.1) is 21.5 Å². The van der Waals surface area contributed by atoms with Crippen LogP contribution in [0.1, 0.15) is 29.1 Å². The number of benzene rings is 2. The van der Waals surface area contributed by atoms with E-state index in [0.717, 1.165) is 16.3 Å². The first-order valence-corrected chi connectivity index (χ1v) is 11.0. The SMILES string of the molecule is CC1c2nnc(-c3csc(-c4cccc(Cl)c4)n3)n2CCN1C(=O)c1ccc(F)cc1. The first-order chi connectivity index (χ1) is 15.0. The highest BCUT2D eigenvalue weighted by atomic mass is 35.5. The maximum Gasteiger partial charge on any atom is 0.254 e. The molecule has 4 aromatic rings. The van der Waals surface area contributed by atoms with E-state index in [9.17, 15) is 9.18 Å². The normalized spacial score (nSPS) is 15.7. The molecule has 0 spiro atoms. The van der Waals surface area contributed by atoms with Crippen molar-refractivity contribution in [3.8, 4) is 22.1 Å². The summed E-state index contributed by atoms with van der Waals surface area (Å²) in [6.45, 7) is 2.98. The van der Waals surface area contributed by atoms with Crippen LogP contribution in [0.15, 0.2) is 53.9 Å². The number of aromatic nitrogens is 4. The van der Waals surface area contributed by atoms with Gasteiger partial charge in [0.25, 0.3) is 5.91 Å². The molecule has 2 aromatic carbocycles. The van der Waals surface area contributed by atoms with E-state index >= 15 is 0 Å². The number of nitrogens with zero attached hydrogens (tertiary/aromatic N) is 5. The Morgan fingerprint density at radius 3 is 2.74 bits per heavy atom. The highest BCUT2D eigenvalue weighted by Gasteiger charge is 2.32. The molecule has 9 heteroatoms. The van der Waals surface area contributed by atoms with Crippen molar-refractivity contribution in [2.45, 2.75) is 19.5 Å². The van der Waals surface area contributed by atoms with Crippen LogP contribution in [0.4, 0.5) is 4.39 Å². The third-order valence-electron chi connectivity index (χ3n) is 5.34. The van der Waals surface area contributed by atoms with Crippen LogP contribution in [0.2, 0.25) is 5.02 Å². The Morgan fingerprint density at radius 2 is 1.97 bits per heavy atom. The fraction of sp³-hybridized carbons (Fsp3) is 0.182. The molecule has 0 aliphatic carbocycles. The summed E-state index contributed by atoms with van der Waals surface area (Å²) in [6.07, 6.45) is 0. The number of thiazole rings is 1. The van der Waals surface area contributed by atoms with Crippen molar-refractivity contribution < 1.29 is 9.18 Å². The number of hydrogen-bond acceptors (Lipinski definition) is 5. The van der Waals surface area contributed by atoms with Crippen LogP contribution in [0.5, 0.6) is 0 Å². The Morgan fingerprint density at radius 1 is 1.16 bits per heavy atom.